The molecule has 1 aliphatic heterocycles. The van der Waals surface area contributed by atoms with E-state index in [4.69, 9.17) is 4.74 Å². The van der Waals surface area contributed by atoms with E-state index >= 15 is 0 Å². The van der Waals surface area contributed by atoms with Crippen LogP contribution in [0.3, 0.4) is 0 Å². The lowest BCUT2D eigenvalue weighted by Gasteiger charge is -2.18. The molecule has 1 aliphatic rings. The number of likely N-dealkylation sites (N-methyl/N-ethyl adjacent to an activating group) is 1. The van der Waals surface area contributed by atoms with E-state index in [-0.39, 0.29) is 42.7 Å². The van der Waals surface area contributed by atoms with E-state index in [1.165, 1.54) is 9.58 Å². The van der Waals surface area contributed by atoms with Crippen molar-refractivity contribution in [1.82, 2.24) is 25.0 Å². The Labute approximate surface area is 192 Å². The predicted octanol–water partition coefficient (Wildman–Crippen LogP) is 2.47. The Bertz CT molecular complexity index is 1090. The molecule has 3 rings (SSSR count). The average Bonchev–Trinajstić information content (AvgIpc) is 3.16. The highest BCUT2D eigenvalue weighted by Gasteiger charge is 2.20. The summed E-state index contributed by atoms with van der Waals surface area (Å²) in [7, 11) is 3.25. The molecule has 3 amide bonds. The number of carbonyl (C=O) groups excluding carboxylic acids is 3. The Balaban J connectivity index is 1.95. The first-order valence-electron chi connectivity index (χ1n) is 10.6. The molecule has 1 atom stereocenters. The van der Waals surface area contributed by atoms with Gasteiger partial charge in [-0.15, -0.1) is 0 Å². The first-order chi connectivity index (χ1) is 15.8. The summed E-state index contributed by atoms with van der Waals surface area (Å²) >= 11 is 0. The second-order valence-electron chi connectivity index (χ2n) is 7.81. The van der Waals surface area contributed by atoms with Crippen molar-refractivity contribution in [3.05, 3.63) is 60.2 Å². The summed E-state index contributed by atoms with van der Waals surface area (Å²) in [4.78, 5) is 43.6. The molecular formula is C23H28N6O4. The molecule has 0 aliphatic carbocycles. The number of cyclic esters (lactones) is 1. The molecule has 0 aromatic carbocycles. The first kappa shape index (κ1) is 23.7. The van der Waals surface area contributed by atoms with Crippen LogP contribution >= 0.6 is 0 Å². The summed E-state index contributed by atoms with van der Waals surface area (Å²) in [6.07, 6.45) is 5.33. The van der Waals surface area contributed by atoms with Crippen LogP contribution in [0.4, 0.5) is 10.5 Å². The molecule has 2 bridgehead atoms. The highest BCUT2D eigenvalue weighted by Crippen LogP contribution is 2.20. The number of pyridine rings is 1. The number of ether oxygens (including phenoxy) is 1. The molecule has 10 heteroatoms. The number of rotatable bonds is 1. The number of hydrogen-bond donors (Lipinski definition) is 2. The number of nitrogens with one attached hydrogen (secondary N) is 2. The van der Waals surface area contributed by atoms with E-state index in [1.54, 1.807) is 44.6 Å². The van der Waals surface area contributed by atoms with Crippen LogP contribution in [0.2, 0.25) is 0 Å². The summed E-state index contributed by atoms with van der Waals surface area (Å²) in [5.41, 5.74) is 1.86. The molecule has 0 radical (unpaired) electrons. The number of hydrogen-bond acceptors (Lipinski definition) is 6. The van der Waals surface area contributed by atoms with E-state index < -0.39 is 17.9 Å². The van der Waals surface area contributed by atoms with Crippen molar-refractivity contribution < 1.29 is 19.1 Å². The highest BCUT2D eigenvalue weighted by atomic mass is 16.6. The second kappa shape index (κ2) is 10.6. The van der Waals surface area contributed by atoms with Gasteiger partial charge in [0.05, 0.1) is 18.0 Å². The molecule has 1 unspecified atom stereocenters. The van der Waals surface area contributed by atoms with Crippen LogP contribution < -0.4 is 10.6 Å². The van der Waals surface area contributed by atoms with Crippen LogP contribution in [0.15, 0.2) is 43.1 Å². The fourth-order valence-corrected chi connectivity index (χ4v) is 3.26. The fourth-order valence-electron chi connectivity index (χ4n) is 3.26. The van der Waals surface area contributed by atoms with E-state index in [0.29, 0.717) is 12.1 Å². The van der Waals surface area contributed by atoms with E-state index in [2.05, 4.69) is 27.3 Å². The number of allylic oxidation sites excluding steroid dienone is 3. The van der Waals surface area contributed by atoms with Gasteiger partial charge in [-0.05, 0) is 30.0 Å². The van der Waals surface area contributed by atoms with Gasteiger partial charge >= 0.3 is 6.09 Å². The van der Waals surface area contributed by atoms with Crippen LogP contribution in [0, 0.1) is 5.92 Å². The van der Waals surface area contributed by atoms with Crippen LogP contribution in [0.1, 0.15) is 40.0 Å². The Morgan fingerprint density at radius 2 is 1.94 bits per heavy atom. The number of fused-ring (bicyclic) bond motifs is 3. The fraction of sp³-hybridized carbons (Fsp3) is 0.348. The molecule has 33 heavy (non-hydrogen) atoms. The summed E-state index contributed by atoms with van der Waals surface area (Å²) in [6, 6.07) is 5.12. The van der Waals surface area contributed by atoms with Crippen LogP contribution in [0.5, 0.6) is 0 Å². The van der Waals surface area contributed by atoms with E-state index in [0.717, 1.165) is 5.57 Å². The molecule has 0 spiro atoms. The molecule has 174 valence electrons. The van der Waals surface area contributed by atoms with Gasteiger partial charge in [-0.3, -0.25) is 14.3 Å². The zero-order chi connectivity index (χ0) is 24.0. The van der Waals surface area contributed by atoms with Gasteiger partial charge in [0.15, 0.2) is 5.69 Å². The minimum absolute atomic E-state index is 0.0608. The third-order valence-electron chi connectivity index (χ3n) is 5.10. The number of aromatic nitrogens is 3. The quantitative estimate of drug-likeness (QED) is 0.686. The lowest BCUT2D eigenvalue weighted by Crippen LogP contribution is -2.37. The number of amides is 3. The maximum Gasteiger partial charge on any atom is 0.409 e. The van der Waals surface area contributed by atoms with Gasteiger partial charge in [-0.2, -0.15) is 5.10 Å². The van der Waals surface area contributed by atoms with Gasteiger partial charge in [0, 0.05) is 33.4 Å². The van der Waals surface area contributed by atoms with Crippen molar-refractivity contribution >= 4 is 29.2 Å². The van der Waals surface area contributed by atoms with Crippen molar-refractivity contribution in [3.8, 4) is 0 Å². The molecule has 2 aromatic heterocycles. The lowest BCUT2D eigenvalue weighted by molar-refractivity contribution is 0.0926. The Hall–Kier alpha value is -3.95. The minimum atomic E-state index is -0.474. The van der Waals surface area contributed by atoms with Crippen molar-refractivity contribution in [2.24, 2.45) is 13.0 Å². The van der Waals surface area contributed by atoms with Crippen LogP contribution in [-0.4, -0.2) is 64.3 Å². The third kappa shape index (κ3) is 6.06. The van der Waals surface area contributed by atoms with E-state index in [9.17, 15) is 14.4 Å². The Morgan fingerprint density at radius 1 is 1.18 bits per heavy atom. The number of aryl methyl sites for hydroxylation is 1. The molecular weight excluding hydrogens is 424 g/mol. The van der Waals surface area contributed by atoms with Gasteiger partial charge in [-0.1, -0.05) is 31.7 Å². The maximum absolute atomic E-state index is 12.9. The monoisotopic (exact) mass is 452 g/mol. The summed E-state index contributed by atoms with van der Waals surface area (Å²) < 4.78 is 6.77. The SMILES string of the molecule is C=C/C1=C\C(C)CCOC(=O)N(C)CCNC(=O)c2nn(C)cc2NC(=O)c2cccc1n2. The molecule has 0 saturated carbocycles. The Morgan fingerprint density at radius 3 is 2.70 bits per heavy atom. The van der Waals surface area contributed by atoms with Gasteiger partial charge in [0.1, 0.15) is 5.69 Å². The average molecular weight is 453 g/mol. The van der Waals surface area contributed by atoms with Gasteiger partial charge in [0.25, 0.3) is 11.8 Å². The maximum atomic E-state index is 12.9. The number of anilines is 1. The standard InChI is InChI=1S/C23H28N6O4/c1-5-16-13-15(2)9-12-33-23(32)28(3)11-10-24-22(31)20-19(14-29(4)27-20)26-21(30)18-8-6-7-17(16)25-18/h5-8,13-15H,1,9-12H2,2-4H3,(H,24,31)(H,26,30)/b16-13+. The first-order valence-corrected chi connectivity index (χ1v) is 10.6. The molecule has 0 fully saturated rings. The summed E-state index contributed by atoms with van der Waals surface area (Å²) in [5, 5.41) is 9.57. The number of carbonyl (C=O) groups is 3. The predicted molar refractivity (Wildman–Crippen MR) is 124 cm³/mol. The zero-order valence-electron chi connectivity index (χ0n) is 19.0. The van der Waals surface area contributed by atoms with Crippen molar-refractivity contribution in [3.63, 3.8) is 0 Å². The highest BCUT2D eigenvalue weighted by molar-refractivity contribution is 6.07. The normalized spacial score (nSPS) is 20.1. The lowest BCUT2D eigenvalue weighted by atomic mass is 10.0. The third-order valence-corrected chi connectivity index (χ3v) is 5.10. The smallest absolute Gasteiger partial charge is 0.409 e. The Kier molecular flexibility index (Phi) is 7.60. The number of nitrogens with zero attached hydrogens (tertiary/aromatic N) is 4. The van der Waals surface area contributed by atoms with Crippen molar-refractivity contribution in [2.75, 3.05) is 32.1 Å². The summed E-state index contributed by atoms with van der Waals surface area (Å²) in [5.74, 6) is -0.861. The van der Waals surface area contributed by atoms with Crippen molar-refractivity contribution in [2.45, 2.75) is 13.3 Å². The zero-order valence-corrected chi connectivity index (χ0v) is 19.0. The van der Waals surface area contributed by atoms with Gasteiger partial charge in [-0.25, -0.2) is 9.78 Å². The van der Waals surface area contributed by atoms with Gasteiger partial charge < -0.3 is 20.3 Å². The molecule has 3 heterocycles. The topological polar surface area (TPSA) is 118 Å². The van der Waals surface area contributed by atoms with E-state index in [1.807, 2.05) is 13.0 Å². The minimum Gasteiger partial charge on any atom is -0.449 e. The van der Waals surface area contributed by atoms with Crippen LogP contribution in [0.25, 0.3) is 5.57 Å². The van der Waals surface area contributed by atoms with Gasteiger partial charge in [0.2, 0.25) is 0 Å². The van der Waals surface area contributed by atoms with Crippen molar-refractivity contribution in [1.29, 1.82) is 0 Å². The molecule has 2 aromatic rings. The van der Waals surface area contributed by atoms with Crippen LogP contribution in [-0.2, 0) is 11.8 Å². The molecule has 10 nitrogen and oxygen atoms in total. The summed E-state index contributed by atoms with van der Waals surface area (Å²) in [6.45, 7) is 6.55. The molecule has 2 N–H and O–H groups in total. The largest absolute Gasteiger partial charge is 0.449 e. The molecule has 0 saturated heterocycles. The second-order valence-corrected chi connectivity index (χ2v) is 7.81.